The normalized spacial score (nSPS) is 21.0. The average molecular weight is 263 g/mol. The molecule has 1 aliphatic carbocycles. The van der Waals surface area contributed by atoms with E-state index in [1.807, 2.05) is 0 Å². The van der Waals surface area contributed by atoms with Gasteiger partial charge >= 0.3 is 0 Å². The van der Waals surface area contributed by atoms with Crippen LogP contribution in [0, 0.1) is 0 Å². The van der Waals surface area contributed by atoms with Gasteiger partial charge in [-0.2, -0.15) is 0 Å². The molecule has 2 N–H and O–H groups in total. The summed E-state index contributed by atoms with van der Waals surface area (Å²) >= 11 is 5.03. The van der Waals surface area contributed by atoms with E-state index in [1.54, 1.807) is 12.4 Å². The molecule has 2 fully saturated rings. The highest BCUT2D eigenvalue weighted by atomic mass is 32.1. The monoisotopic (exact) mass is 263 g/mol. The van der Waals surface area contributed by atoms with Gasteiger partial charge in [-0.15, -0.1) is 0 Å². The number of nitrogens with two attached hydrogens (primary N) is 1. The molecular formula is C12H17N5S. The zero-order valence-electron chi connectivity index (χ0n) is 10.2. The maximum absolute atomic E-state index is 5.70. The number of aromatic nitrogens is 2. The molecule has 0 unspecified atom stereocenters. The highest BCUT2D eigenvalue weighted by Gasteiger charge is 2.32. The predicted octanol–water partition coefficient (Wildman–Crippen LogP) is 0.395. The number of nitrogens with zero attached hydrogens (tertiary/aromatic N) is 4. The zero-order chi connectivity index (χ0) is 12.5. The van der Waals surface area contributed by atoms with Crippen LogP contribution in [0.5, 0.6) is 0 Å². The van der Waals surface area contributed by atoms with Crippen molar-refractivity contribution < 1.29 is 0 Å². The van der Waals surface area contributed by atoms with Crippen LogP contribution in [0.25, 0.3) is 0 Å². The first kappa shape index (κ1) is 11.8. The molecule has 96 valence electrons. The first-order valence-corrected chi connectivity index (χ1v) is 6.76. The summed E-state index contributed by atoms with van der Waals surface area (Å²) < 4.78 is 0. The van der Waals surface area contributed by atoms with Crippen molar-refractivity contribution in [3.8, 4) is 0 Å². The standard InChI is InChI=1S/C12H17N5S/c13-11(18)10-12(15-4-3-14-10)17-7-5-16(6-8-17)9-1-2-9/h3-4,9H,1-2,5-8H2,(H2,13,18). The van der Waals surface area contributed by atoms with Crippen LogP contribution >= 0.6 is 12.2 Å². The third-order valence-corrected chi connectivity index (χ3v) is 3.78. The van der Waals surface area contributed by atoms with Crippen LogP contribution in [0.1, 0.15) is 18.5 Å². The fraction of sp³-hybridized carbons (Fsp3) is 0.583. The molecule has 5 nitrogen and oxygen atoms in total. The second kappa shape index (κ2) is 4.78. The van der Waals surface area contributed by atoms with Gasteiger partial charge < -0.3 is 10.6 Å². The molecule has 0 amide bonds. The molecule has 18 heavy (non-hydrogen) atoms. The molecule has 2 aliphatic rings. The summed E-state index contributed by atoms with van der Waals surface area (Å²) in [6.45, 7) is 4.14. The van der Waals surface area contributed by atoms with Gasteiger partial charge in [0.2, 0.25) is 0 Å². The van der Waals surface area contributed by atoms with Crippen molar-refractivity contribution in [1.82, 2.24) is 14.9 Å². The van der Waals surface area contributed by atoms with Gasteiger partial charge in [-0.05, 0) is 12.8 Å². The fourth-order valence-corrected chi connectivity index (χ4v) is 2.62. The Balaban J connectivity index is 1.73. The Morgan fingerprint density at radius 2 is 1.83 bits per heavy atom. The SMILES string of the molecule is NC(=S)c1nccnc1N1CCN(C2CC2)CC1. The zero-order valence-corrected chi connectivity index (χ0v) is 11.1. The van der Waals surface area contributed by atoms with Gasteiger partial charge in [0.25, 0.3) is 0 Å². The van der Waals surface area contributed by atoms with Crippen molar-refractivity contribution in [2.45, 2.75) is 18.9 Å². The summed E-state index contributed by atoms with van der Waals surface area (Å²) in [5.74, 6) is 0.834. The number of hydrogen-bond donors (Lipinski definition) is 1. The van der Waals surface area contributed by atoms with E-state index in [-0.39, 0.29) is 0 Å². The number of thiocarbonyl (C=S) groups is 1. The van der Waals surface area contributed by atoms with Crippen molar-refractivity contribution in [3.63, 3.8) is 0 Å². The fourth-order valence-electron chi connectivity index (χ4n) is 2.47. The maximum Gasteiger partial charge on any atom is 0.157 e. The summed E-state index contributed by atoms with van der Waals surface area (Å²) in [6.07, 6.45) is 6.06. The molecule has 0 aromatic carbocycles. The van der Waals surface area contributed by atoms with E-state index in [0.717, 1.165) is 38.0 Å². The van der Waals surface area contributed by atoms with Crippen molar-refractivity contribution >= 4 is 23.0 Å². The second-order valence-electron chi connectivity index (χ2n) is 4.85. The van der Waals surface area contributed by atoms with Gasteiger partial charge in [-0.1, -0.05) is 12.2 Å². The molecule has 1 saturated heterocycles. The Morgan fingerprint density at radius 3 is 2.44 bits per heavy atom. The molecule has 0 radical (unpaired) electrons. The van der Waals surface area contributed by atoms with E-state index in [9.17, 15) is 0 Å². The first-order chi connectivity index (χ1) is 8.75. The van der Waals surface area contributed by atoms with Crippen LogP contribution in [-0.2, 0) is 0 Å². The Bertz CT molecular complexity index is 452. The molecule has 1 saturated carbocycles. The van der Waals surface area contributed by atoms with E-state index >= 15 is 0 Å². The van der Waals surface area contributed by atoms with Gasteiger partial charge in [0.05, 0.1) is 0 Å². The lowest BCUT2D eigenvalue weighted by molar-refractivity contribution is 0.247. The van der Waals surface area contributed by atoms with Crippen molar-refractivity contribution in [2.75, 3.05) is 31.1 Å². The van der Waals surface area contributed by atoms with Gasteiger partial charge in [0.15, 0.2) is 5.82 Å². The third-order valence-electron chi connectivity index (χ3n) is 3.59. The summed E-state index contributed by atoms with van der Waals surface area (Å²) in [7, 11) is 0. The van der Waals surface area contributed by atoms with Crippen molar-refractivity contribution in [3.05, 3.63) is 18.1 Å². The number of rotatable bonds is 3. The maximum atomic E-state index is 5.70. The van der Waals surface area contributed by atoms with Gasteiger partial charge in [-0.3, -0.25) is 4.90 Å². The lowest BCUT2D eigenvalue weighted by Crippen LogP contribution is -2.48. The minimum atomic E-state index is 0.322. The predicted molar refractivity (Wildman–Crippen MR) is 74.7 cm³/mol. The van der Waals surface area contributed by atoms with Gasteiger partial charge in [0, 0.05) is 44.6 Å². The number of piperazine rings is 1. The molecule has 2 heterocycles. The molecule has 1 aromatic rings. The molecule has 1 aliphatic heterocycles. The van der Waals surface area contributed by atoms with Gasteiger partial charge in [0.1, 0.15) is 10.7 Å². The quantitative estimate of drug-likeness (QED) is 0.796. The summed E-state index contributed by atoms with van der Waals surface area (Å²) in [4.78, 5) is 13.7. The molecule has 1 aromatic heterocycles. The van der Waals surface area contributed by atoms with E-state index in [0.29, 0.717) is 10.7 Å². The smallest absolute Gasteiger partial charge is 0.157 e. The second-order valence-corrected chi connectivity index (χ2v) is 5.29. The highest BCUT2D eigenvalue weighted by Crippen LogP contribution is 2.28. The van der Waals surface area contributed by atoms with E-state index in [2.05, 4.69) is 19.8 Å². The van der Waals surface area contributed by atoms with Crippen LogP contribution in [0.15, 0.2) is 12.4 Å². The lowest BCUT2D eigenvalue weighted by Gasteiger charge is -2.35. The molecular weight excluding hydrogens is 246 g/mol. The number of hydrogen-bond acceptors (Lipinski definition) is 5. The van der Waals surface area contributed by atoms with Crippen LogP contribution in [0.2, 0.25) is 0 Å². The molecule has 0 bridgehead atoms. The Morgan fingerprint density at radius 1 is 1.17 bits per heavy atom. The number of anilines is 1. The summed E-state index contributed by atoms with van der Waals surface area (Å²) in [5, 5.41) is 0. The third kappa shape index (κ3) is 2.30. The summed E-state index contributed by atoms with van der Waals surface area (Å²) in [5.41, 5.74) is 6.34. The molecule has 6 heteroatoms. The lowest BCUT2D eigenvalue weighted by atomic mass is 10.2. The van der Waals surface area contributed by atoms with Crippen LogP contribution in [-0.4, -0.2) is 52.1 Å². The van der Waals surface area contributed by atoms with E-state index in [4.69, 9.17) is 18.0 Å². The molecule has 0 atom stereocenters. The highest BCUT2D eigenvalue weighted by molar-refractivity contribution is 7.80. The first-order valence-electron chi connectivity index (χ1n) is 6.35. The van der Waals surface area contributed by atoms with Crippen molar-refractivity contribution in [1.29, 1.82) is 0 Å². The van der Waals surface area contributed by atoms with E-state index < -0.39 is 0 Å². The topological polar surface area (TPSA) is 58.3 Å². The van der Waals surface area contributed by atoms with E-state index in [1.165, 1.54) is 12.8 Å². The van der Waals surface area contributed by atoms with Crippen molar-refractivity contribution in [2.24, 2.45) is 5.73 Å². The van der Waals surface area contributed by atoms with Crippen LogP contribution < -0.4 is 10.6 Å². The Labute approximate surface area is 112 Å². The minimum Gasteiger partial charge on any atom is -0.388 e. The minimum absolute atomic E-state index is 0.322. The Kier molecular flexibility index (Phi) is 3.13. The van der Waals surface area contributed by atoms with Crippen LogP contribution in [0.4, 0.5) is 5.82 Å². The summed E-state index contributed by atoms with van der Waals surface area (Å²) in [6, 6.07) is 0.837. The average Bonchev–Trinajstić information content (AvgIpc) is 3.23. The van der Waals surface area contributed by atoms with Crippen LogP contribution in [0.3, 0.4) is 0 Å². The molecule has 0 spiro atoms. The largest absolute Gasteiger partial charge is 0.388 e. The van der Waals surface area contributed by atoms with Gasteiger partial charge in [-0.25, -0.2) is 9.97 Å². The molecule has 3 rings (SSSR count). The Hall–Kier alpha value is -1.27.